The van der Waals surface area contributed by atoms with Crippen LogP contribution in [0.5, 0.6) is 0 Å². The number of benzene rings is 1. The lowest BCUT2D eigenvalue weighted by Crippen LogP contribution is -2.45. The van der Waals surface area contributed by atoms with Gasteiger partial charge < -0.3 is 4.74 Å². The van der Waals surface area contributed by atoms with Crippen LogP contribution in [-0.2, 0) is 9.53 Å². The van der Waals surface area contributed by atoms with Gasteiger partial charge in [-0.25, -0.2) is 0 Å². The van der Waals surface area contributed by atoms with Crippen LogP contribution in [0.4, 0.5) is 0 Å². The lowest BCUT2D eigenvalue weighted by Gasteiger charge is -2.32. The van der Waals surface area contributed by atoms with Crippen molar-refractivity contribution in [2.45, 2.75) is 32.2 Å². The van der Waals surface area contributed by atoms with Gasteiger partial charge in [0.15, 0.2) is 0 Å². The number of hydrogen-bond acceptors (Lipinski definition) is 3. The highest BCUT2D eigenvalue weighted by atomic mass is 16.5. The molecule has 1 aliphatic heterocycles. The molecule has 1 unspecified atom stereocenters. The molecule has 1 aromatic carbocycles. The lowest BCUT2D eigenvalue weighted by molar-refractivity contribution is -0.150. The molecule has 1 saturated heterocycles. The third-order valence-electron chi connectivity index (χ3n) is 3.46. The molecule has 3 nitrogen and oxygen atoms in total. The molecule has 1 aliphatic rings. The summed E-state index contributed by atoms with van der Waals surface area (Å²) in [7, 11) is 0. The molecule has 0 bridgehead atoms. The van der Waals surface area contributed by atoms with Gasteiger partial charge in [-0.15, -0.1) is 0 Å². The zero-order valence-corrected chi connectivity index (χ0v) is 12.0. The second-order valence-electron chi connectivity index (χ2n) is 4.90. The maximum Gasteiger partial charge on any atom is 0.323 e. The molecule has 0 radical (unpaired) electrons. The number of piperidine rings is 1. The zero-order chi connectivity index (χ0) is 14.2. The van der Waals surface area contributed by atoms with Crippen molar-refractivity contribution in [3.05, 3.63) is 35.9 Å². The van der Waals surface area contributed by atoms with E-state index >= 15 is 0 Å². The molecule has 1 heterocycles. The third kappa shape index (κ3) is 4.11. The number of carbonyl (C=O) groups is 1. The standard InChI is InChI=1S/C17H21NO2/c1-2-20-17(19)16-12-6-7-13-18(16)14-8-11-15-9-4-3-5-10-15/h3-5,9-10,16H,2,6-7,12-14H2,1H3. The van der Waals surface area contributed by atoms with E-state index < -0.39 is 0 Å². The van der Waals surface area contributed by atoms with Crippen molar-refractivity contribution < 1.29 is 9.53 Å². The van der Waals surface area contributed by atoms with E-state index in [4.69, 9.17) is 4.74 Å². The first-order valence-electron chi connectivity index (χ1n) is 7.26. The van der Waals surface area contributed by atoms with Crippen LogP contribution in [0.3, 0.4) is 0 Å². The average molecular weight is 271 g/mol. The van der Waals surface area contributed by atoms with Crippen molar-refractivity contribution in [3.8, 4) is 11.8 Å². The highest BCUT2D eigenvalue weighted by Crippen LogP contribution is 2.17. The Morgan fingerprint density at radius 3 is 2.90 bits per heavy atom. The Labute approximate surface area is 120 Å². The van der Waals surface area contributed by atoms with Crippen molar-refractivity contribution in [3.63, 3.8) is 0 Å². The van der Waals surface area contributed by atoms with Crippen molar-refractivity contribution >= 4 is 5.97 Å². The minimum atomic E-state index is -0.117. The Hall–Kier alpha value is -1.79. The quantitative estimate of drug-likeness (QED) is 0.625. The van der Waals surface area contributed by atoms with E-state index in [-0.39, 0.29) is 12.0 Å². The van der Waals surface area contributed by atoms with E-state index in [0.29, 0.717) is 13.2 Å². The van der Waals surface area contributed by atoms with Crippen LogP contribution in [0.15, 0.2) is 30.3 Å². The minimum Gasteiger partial charge on any atom is -0.465 e. The van der Waals surface area contributed by atoms with E-state index in [1.807, 2.05) is 37.3 Å². The summed E-state index contributed by atoms with van der Waals surface area (Å²) in [4.78, 5) is 14.1. The van der Waals surface area contributed by atoms with Gasteiger partial charge in [-0.2, -0.15) is 0 Å². The fourth-order valence-electron chi connectivity index (χ4n) is 2.45. The summed E-state index contributed by atoms with van der Waals surface area (Å²) in [5.74, 6) is 6.20. The fraction of sp³-hybridized carbons (Fsp3) is 0.471. The number of rotatable bonds is 3. The van der Waals surface area contributed by atoms with E-state index in [1.165, 1.54) is 0 Å². The Balaban J connectivity index is 1.96. The molecule has 0 aromatic heterocycles. The summed E-state index contributed by atoms with van der Waals surface area (Å²) in [6, 6.07) is 9.80. The van der Waals surface area contributed by atoms with E-state index in [9.17, 15) is 4.79 Å². The van der Waals surface area contributed by atoms with Crippen LogP contribution in [0, 0.1) is 11.8 Å². The number of esters is 1. The SMILES string of the molecule is CCOC(=O)C1CCCCN1CC#Cc1ccccc1. The summed E-state index contributed by atoms with van der Waals surface area (Å²) in [6.07, 6.45) is 3.10. The molecule has 20 heavy (non-hydrogen) atoms. The first-order valence-corrected chi connectivity index (χ1v) is 7.26. The Kier molecular flexibility index (Phi) is 5.64. The highest BCUT2D eigenvalue weighted by molar-refractivity contribution is 5.75. The van der Waals surface area contributed by atoms with Gasteiger partial charge in [0.05, 0.1) is 13.2 Å². The maximum absolute atomic E-state index is 11.9. The van der Waals surface area contributed by atoms with Gasteiger partial charge >= 0.3 is 5.97 Å². The molecule has 1 aromatic rings. The minimum absolute atomic E-state index is 0.103. The van der Waals surface area contributed by atoms with Crippen LogP contribution in [-0.4, -0.2) is 36.6 Å². The maximum atomic E-state index is 11.9. The molecule has 1 fully saturated rings. The molecule has 2 rings (SSSR count). The number of ether oxygens (including phenoxy) is 1. The largest absolute Gasteiger partial charge is 0.465 e. The lowest BCUT2D eigenvalue weighted by atomic mass is 10.0. The molecular formula is C17H21NO2. The Morgan fingerprint density at radius 2 is 2.15 bits per heavy atom. The van der Waals surface area contributed by atoms with Gasteiger partial charge in [-0.3, -0.25) is 9.69 Å². The second-order valence-corrected chi connectivity index (χ2v) is 4.90. The molecule has 0 amide bonds. The summed E-state index contributed by atoms with van der Waals surface area (Å²) in [6.45, 7) is 3.84. The van der Waals surface area contributed by atoms with Crippen LogP contribution in [0.2, 0.25) is 0 Å². The van der Waals surface area contributed by atoms with Crippen molar-refractivity contribution in [1.29, 1.82) is 0 Å². The fourth-order valence-corrected chi connectivity index (χ4v) is 2.45. The average Bonchev–Trinajstić information content (AvgIpc) is 2.49. The predicted molar refractivity (Wildman–Crippen MR) is 79.2 cm³/mol. The molecule has 1 atom stereocenters. The summed E-state index contributed by atoms with van der Waals surface area (Å²) >= 11 is 0. The second kappa shape index (κ2) is 7.72. The van der Waals surface area contributed by atoms with Gasteiger partial charge in [-0.05, 0) is 38.4 Å². The summed E-state index contributed by atoms with van der Waals surface area (Å²) < 4.78 is 5.15. The molecule has 0 spiro atoms. The van der Waals surface area contributed by atoms with Crippen LogP contribution in [0.25, 0.3) is 0 Å². The van der Waals surface area contributed by atoms with Crippen LogP contribution < -0.4 is 0 Å². The van der Waals surface area contributed by atoms with Gasteiger partial charge in [0.1, 0.15) is 6.04 Å². The number of likely N-dealkylation sites (tertiary alicyclic amines) is 1. The van der Waals surface area contributed by atoms with Gasteiger partial charge in [0, 0.05) is 5.56 Å². The van der Waals surface area contributed by atoms with Gasteiger partial charge in [-0.1, -0.05) is 36.5 Å². The first kappa shape index (κ1) is 14.6. The topological polar surface area (TPSA) is 29.5 Å². The van der Waals surface area contributed by atoms with E-state index in [2.05, 4.69) is 16.7 Å². The molecule has 0 N–H and O–H groups in total. The third-order valence-corrected chi connectivity index (χ3v) is 3.46. The number of hydrogen-bond donors (Lipinski definition) is 0. The van der Waals surface area contributed by atoms with E-state index in [0.717, 1.165) is 31.4 Å². The molecule has 0 aliphatic carbocycles. The Bertz CT molecular complexity index is 487. The van der Waals surface area contributed by atoms with Gasteiger partial charge in [0.25, 0.3) is 0 Å². The summed E-state index contributed by atoms with van der Waals surface area (Å²) in [5, 5.41) is 0. The molecular weight excluding hydrogens is 250 g/mol. The smallest absolute Gasteiger partial charge is 0.323 e. The first-order chi connectivity index (χ1) is 9.81. The van der Waals surface area contributed by atoms with Crippen LogP contribution >= 0.6 is 0 Å². The summed E-state index contributed by atoms with van der Waals surface area (Å²) in [5.41, 5.74) is 1.01. The molecule has 0 saturated carbocycles. The van der Waals surface area contributed by atoms with Crippen molar-refractivity contribution in [2.75, 3.05) is 19.7 Å². The van der Waals surface area contributed by atoms with E-state index in [1.54, 1.807) is 0 Å². The highest BCUT2D eigenvalue weighted by Gasteiger charge is 2.28. The Morgan fingerprint density at radius 1 is 1.35 bits per heavy atom. The van der Waals surface area contributed by atoms with Crippen LogP contribution in [0.1, 0.15) is 31.7 Å². The number of nitrogens with zero attached hydrogens (tertiary/aromatic N) is 1. The number of carbonyl (C=O) groups excluding carboxylic acids is 1. The molecule has 3 heteroatoms. The molecule has 106 valence electrons. The predicted octanol–water partition coefficient (Wildman–Crippen LogP) is 2.46. The van der Waals surface area contributed by atoms with Gasteiger partial charge in [0.2, 0.25) is 0 Å². The monoisotopic (exact) mass is 271 g/mol. The van der Waals surface area contributed by atoms with Crippen molar-refractivity contribution in [1.82, 2.24) is 4.90 Å². The normalized spacial score (nSPS) is 18.9. The van der Waals surface area contributed by atoms with Crippen molar-refractivity contribution in [2.24, 2.45) is 0 Å². The zero-order valence-electron chi connectivity index (χ0n) is 12.0.